The number of anilines is 1. The molecule has 0 atom stereocenters. The highest BCUT2D eigenvalue weighted by Crippen LogP contribution is 2.36. The molecule has 1 N–H and O–H groups in total. The number of fused-ring (bicyclic) bond motifs is 3. The zero-order valence-corrected chi connectivity index (χ0v) is 15.4. The maximum atomic E-state index is 12.5. The number of carbonyl (C=O) groups excluding carboxylic acids is 1. The number of nitrogens with zero attached hydrogens (tertiary/aromatic N) is 4. The molecule has 4 rings (SSSR count). The van der Waals surface area contributed by atoms with Gasteiger partial charge in [-0.15, -0.1) is 16.4 Å². The van der Waals surface area contributed by atoms with E-state index in [4.69, 9.17) is 0 Å². The summed E-state index contributed by atoms with van der Waals surface area (Å²) in [5.74, 6) is -0.191. The molecule has 6 nitrogen and oxygen atoms in total. The zero-order valence-electron chi connectivity index (χ0n) is 13.0. The van der Waals surface area contributed by atoms with Gasteiger partial charge >= 0.3 is 0 Å². The molecule has 0 fully saturated rings. The van der Waals surface area contributed by atoms with Crippen LogP contribution in [0.25, 0.3) is 20.4 Å². The minimum Gasteiger partial charge on any atom is -0.297 e. The molecule has 0 aliphatic rings. The van der Waals surface area contributed by atoms with Crippen LogP contribution in [0.5, 0.6) is 0 Å². The Bertz CT molecular complexity index is 1050. The van der Waals surface area contributed by atoms with Crippen molar-refractivity contribution in [2.45, 2.75) is 26.7 Å². The monoisotopic (exact) mass is 375 g/mol. The summed E-state index contributed by atoms with van der Waals surface area (Å²) in [5, 5.41) is 8.54. The van der Waals surface area contributed by atoms with Crippen LogP contribution in [0.2, 0.25) is 0 Å². The van der Waals surface area contributed by atoms with E-state index >= 15 is 0 Å². The lowest BCUT2D eigenvalue weighted by Crippen LogP contribution is -2.12. The lowest BCUT2D eigenvalue weighted by Gasteiger charge is -1.99. The summed E-state index contributed by atoms with van der Waals surface area (Å²) >= 11 is 4.25. The molecule has 4 aromatic rings. The van der Waals surface area contributed by atoms with Crippen molar-refractivity contribution in [2.75, 3.05) is 5.32 Å². The number of amides is 1. The van der Waals surface area contributed by atoms with E-state index in [0.717, 1.165) is 55.5 Å². The van der Waals surface area contributed by atoms with Crippen molar-refractivity contribution in [1.29, 1.82) is 0 Å². The van der Waals surface area contributed by atoms with Gasteiger partial charge in [-0.05, 0) is 37.0 Å². The number of benzene rings is 1. The van der Waals surface area contributed by atoms with Crippen LogP contribution >= 0.6 is 34.2 Å². The Morgan fingerprint density at radius 1 is 1.17 bits per heavy atom. The maximum Gasteiger partial charge on any atom is 0.271 e. The minimum absolute atomic E-state index is 0.191. The Balaban J connectivity index is 1.68. The third kappa shape index (κ3) is 2.68. The average molecular weight is 376 g/mol. The molecule has 0 saturated carbocycles. The topological polar surface area (TPSA) is 80.7 Å². The molecule has 0 aliphatic heterocycles. The van der Waals surface area contributed by atoms with Crippen molar-refractivity contribution < 1.29 is 4.79 Å². The van der Waals surface area contributed by atoms with Crippen LogP contribution in [0, 0.1) is 6.92 Å². The number of hydrogen-bond donors (Lipinski definition) is 1. The molecule has 0 saturated heterocycles. The summed E-state index contributed by atoms with van der Waals surface area (Å²) < 4.78 is 6.08. The maximum absolute atomic E-state index is 12.5. The van der Waals surface area contributed by atoms with Crippen LogP contribution in [0.15, 0.2) is 12.1 Å². The van der Waals surface area contributed by atoms with Gasteiger partial charge in [-0.2, -0.15) is 0 Å². The van der Waals surface area contributed by atoms with Gasteiger partial charge in [-0.1, -0.05) is 29.2 Å². The van der Waals surface area contributed by atoms with Crippen molar-refractivity contribution in [2.24, 2.45) is 0 Å². The number of hydrogen-bond acceptors (Lipinski definition) is 8. The molecular weight excluding hydrogens is 362 g/mol. The van der Waals surface area contributed by atoms with Crippen molar-refractivity contribution in [3.05, 3.63) is 27.7 Å². The van der Waals surface area contributed by atoms with Gasteiger partial charge < -0.3 is 0 Å². The van der Waals surface area contributed by atoms with Crippen LogP contribution in [0.4, 0.5) is 5.13 Å². The summed E-state index contributed by atoms with van der Waals surface area (Å²) in [7, 11) is 0. The Hall–Kier alpha value is -1.97. The van der Waals surface area contributed by atoms with E-state index in [1.54, 1.807) is 11.3 Å². The molecule has 1 aromatic carbocycles. The van der Waals surface area contributed by atoms with Crippen molar-refractivity contribution in [3.63, 3.8) is 0 Å². The van der Waals surface area contributed by atoms with Crippen LogP contribution < -0.4 is 5.32 Å². The molecule has 0 radical (unpaired) electrons. The van der Waals surface area contributed by atoms with Crippen molar-refractivity contribution >= 4 is 65.7 Å². The van der Waals surface area contributed by atoms with Crippen LogP contribution in [0.3, 0.4) is 0 Å². The molecule has 9 heteroatoms. The molecule has 1 amide bonds. The first kappa shape index (κ1) is 15.6. The van der Waals surface area contributed by atoms with E-state index in [1.165, 1.54) is 11.3 Å². The Labute approximate surface area is 149 Å². The van der Waals surface area contributed by atoms with Crippen molar-refractivity contribution in [1.82, 2.24) is 19.6 Å². The fourth-order valence-corrected chi connectivity index (χ4v) is 5.08. The highest BCUT2D eigenvalue weighted by atomic mass is 32.1. The molecule has 3 aromatic heterocycles. The van der Waals surface area contributed by atoms with Crippen LogP contribution in [0.1, 0.15) is 33.7 Å². The lowest BCUT2D eigenvalue weighted by atomic mass is 10.2. The molecule has 0 bridgehead atoms. The van der Waals surface area contributed by atoms with Gasteiger partial charge in [0.15, 0.2) is 5.13 Å². The van der Waals surface area contributed by atoms with E-state index in [-0.39, 0.29) is 5.91 Å². The fraction of sp³-hybridized carbons (Fsp3) is 0.267. The van der Waals surface area contributed by atoms with E-state index in [9.17, 15) is 4.79 Å². The first-order chi connectivity index (χ1) is 11.7. The summed E-state index contributed by atoms with van der Waals surface area (Å²) in [6, 6.07) is 3.92. The van der Waals surface area contributed by atoms with Gasteiger partial charge in [-0.3, -0.25) is 10.1 Å². The number of aromatic nitrogens is 4. The van der Waals surface area contributed by atoms with Crippen LogP contribution in [-0.2, 0) is 6.42 Å². The van der Waals surface area contributed by atoms with E-state index < -0.39 is 0 Å². The summed E-state index contributed by atoms with van der Waals surface area (Å²) in [4.78, 5) is 22.1. The van der Waals surface area contributed by atoms with Gasteiger partial charge in [0.2, 0.25) is 0 Å². The van der Waals surface area contributed by atoms with E-state index in [1.807, 2.05) is 19.1 Å². The summed E-state index contributed by atoms with van der Waals surface area (Å²) in [5.41, 5.74) is 2.60. The Kier molecular flexibility index (Phi) is 3.99. The number of thiazole rings is 2. The Morgan fingerprint density at radius 2 is 1.92 bits per heavy atom. The number of carbonyl (C=O) groups is 1. The second kappa shape index (κ2) is 6.15. The second-order valence-corrected chi connectivity index (χ2v) is 8.22. The lowest BCUT2D eigenvalue weighted by molar-refractivity contribution is 0.102. The Morgan fingerprint density at radius 3 is 2.71 bits per heavy atom. The standard InChI is InChI=1S/C15H13N5OS3/c1-3-4-10-13(24-20-19-10)14(21)18-15-17-9-6-5-8-11(12(9)23-15)22-7(2)16-8/h5-6H,3-4H2,1-2H3,(H,17,18,21). The second-order valence-electron chi connectivity index (χ2n) is 5.27. The first-order valence-electron chi connectivity index (χ1n) is 7.45. The summed E-state index contributed by atoms with van der Waals surface area (Å²) in [6.07, 6.45) is 1.68. The number of nitrogens with one attached hydrogen (secondary N) is 1. The van der Waals surface area contributed by atoms with Gasteiger partial charge in [0, 0.05) is 0 Å². The SMILES string of the molecule is CCCc1nnsc1C(=O)Nc1nc2ccc3nc(C)sc3c2s1. The fourth-order valence-electron chi connectivity index (χ4n) is 2.47. The first-order valence-corrected chi connectivity index (χ1v) is 9.85. The van der Waals surface area contributed by atoms with Crippen LogP contribution in [-0.4, -0.2) is 25.5 Å². The molecule has 0 spiro atoms. The molecular formula is C15H13N5OS3. The molecule has 3 heterocycles. The van der Waals surface area contributed by atoms with Crippen molar-refractivity contribution in [3.8, 4) is 0 Å². The highest BCUT2D eigenvalue weighted by Gasteiger charge is 2.18. The van der Waals surface area contributed by atoms with Gasteiger partial charge in [0.05, 0.1) is 31.1 Å². The third-order valence-electron chi connectivity index (χ3n) is 3.49. The largest absolute Gasteiger partial charge is 0.297 e. The highest BCUT2D eigenvalue weighted by molar-refractivity contribution is 7.28. The molecule has 122 valence electrons. The number of rotatable bonds is 4. The normalized spacial score (nSPS) is 11.4. The van der Waals surface area contributed by atoms with E-state index in [0.29, 0.717) is 10.0 Å². The smallest absolute Gasteiger partial charge is 0.271 e. The van der Waals surface area contributed by atoms with Gasteiger partial charge in [0.25, 0.3) is 5.91 Å². The van der Waals surface area contributed by atoms with E-state index in [2.05, 4.69) is 31.8 Å². The van der Waals surface area contributed by atoms with Gasteiger partial charge in [0.1, 0.15) is 4.88 Å². The third-order valence-corrected chi connectivity index (χ3v) is 6.39. The molecule has 0 aliphatic carbocycles. The minimum atomic E-state index is -0.191. The summed E-state index contributed by atoms with van der Waals surface area (Å²) in [6.45, 7) is 4.04. The number of aryl methyl sites for hydroxylation is 2. The average Bonchev–Trinajstić information content (AvgIpc) is 3.23. The predicted molar refractivity (Wildman–Crippen MR) is 99.4 cm³/mol. The predicted octanol–water partition coefficient (Wildman–Crippen LogP) is 4.27. The molecule has 24 heavy (non-hydrogen) atoms. The van der Waals surface area contributed by atoms with Gasteiger partial charge in [-0.25, -0.2) is 9.97 Å². The quantitative estimate of drug-likeness (QED) is 0.576. The molecule has 0 unspecified atom stereocenters. The zero-order chi connectivity index (χ0) is 16.7.